The van der Waals surface area contributed by atoms with E-state index in [1.165, 1.54) is 49.5 Å². The Labute approximate surface area is 170 Å². The second-order valence-electron chi connectivity index (χ2n) is 6.21. The molecule has 2 aromatic rings. The number of ether oxygens (including phenoxy) is 2. The molecular formula is C20H25FN2O5S. The monoisotopic (exact) mass is 424 g/mol. The topological polar surface area (TPSA) is 84.9 Å². The zero-order chi connectivity index (χ0) is 21.4. The quantitative estimate of drug-likeness (QED) is 0.592. The molecule has 0 heterocycles. The van der Waals surface area contributed by atoms with Crippen LogP contribution in [-0.4, -0.2) is 53.1 Å². The van der Waals surface area contributed by atoms with Gasteiger partial charge in [0.05, 0.1) is 13.7 Å². The average Bonchev–Trinajstić information content (AvgIpc) is 2.71. The summed E-state index contributed by atoms with van der Waals surface area (Å²) in [6.07, 6.45) is 0. The summed E-state index contributed by atoms with van der Waals surface area (Å²) < 4.78 is 51.1. The maximum atomic E-state index is 13.4. The molecule has 0 saturated carbocycles. The van der Waals surface area contributed by atoms with Gasteiger partial charge in [0.1, 0.15) is 16.5 Å². The van der Waals surface area contributed by atoms with Crippen LogP contribution in [0.25, 0.3) is 0 Å². The second-order valence-corrected chi connectivity index (χ2v) is 7.94. The lowest BCUT2D eigenvalue weighted by Gasteiger charge is -2.22. The Balaban J connectivity index is 2.31. The maximum absolute atomic E-state index is 13.4. The van der Waals surface area contributed by atoms with Crippen molar-refractivity contribution < 1.29 is 27.1 Å². The third kappa shape index (κ3) is 5.99. The molecule has 2 rings (SSSR count). The van der Waals surface area contributed by atoms with Crippen LogP contribution in [0.1, 0.15) is 22.8 Å². The minimum atomic E-state index is -3.90. The number of hydrogen-bond donors (Lipinski definition) is 1. The molecule has 1 N–H and O–H groups in total. The van der Waals surface area contributed by atoms with E-state index in [0.29, 0.717) is 12.1 Å². The maximum Gasteiger partial charge on any atom is 0.254 e. The number of nitrogens with zero attached hydrogens (tertiary/aromatic N) is 1. The van der Waals surface area contributed by atoms with Gasteiger partial charge in [0.25, 0.3) is 5.91 Å². The van der Waals surface area contributed by atoms with Crippen molar-refractivity contribution in [2.75, 3.05) is 33.9 Å². The van der Waals surface area contributed by atoms with E-state index < -0.39 is 10.0 Å². The smallest absolute Gasteiger partial charge is 0.254 e. The van der Waals surface area contributed by atoms with Gasteiger partial charge in [-0.3, -0.25) is 4.79 Å². The fourth-order valence-corrected chi connectivity index (χ4v) is 3.95. The predicted molar refractivity (Wildman–Crippen MR) is 107 cm³/mol. The first-order valence-corrected chi connectivity index (χ1v) is 10.5. The number of sulfonamides is 1. The summed E-state index contributed by atoms with van der Waals surface area (Å²) in [5, 5.41) is 0. The lowest BCUT2D eigenvalue weighted by Crippen LogP contribution is -2.31. The van der Waals surface area contributed by atoms with Crippen molar-refractivity contribution in [3.63, 3.8) is 0 Å². The van der Waals surface area contributed by atoms with E-state index in [2.05, 4.69) is 4.72 Å². The molecule has 7 nitrogen and oxygen atoms in total. The number of halogens is 1. The summed E-state index contributed by atoms with van der Waals surface area (Å²) in [5.74, 6) is -0.627. The van der Waals surface area contributed by atoms with Crippen LogP contribution in [0, 0.1) is 5.82 Å². The highest BCUT2D eigenvalue weighted by Crippen LogP contribution is 2.25. The Kier molecular flexibility index (Phi) is 8.12. The number of methoxy groups -OCH3 is 2. The van der Waals surface area contributed by atoms with E-state index in [1.54, 1.807) is 19.1 Å². The zero-order valence-electron chi connectivity index (χ0n) is 16.6. The molecule has 2 aromatic carbocycles. The highest BCUT2D eigenvalue weighted by Gasteiger charge is 2.23. The van der Waals surface area contributed by atoms with Crippen LogP contribution in [0.4, 0.5) is 4.39 Å². The molecule has 0 radical (unpaired) electrons. The molecule has 0 aliphatic carbocycles. The highest BCUT2D eigenvalue weighted by atomic mass is 32.2. The molecule has 0 spiro atoms. The van der Waals surface area contributed by atoms with Gasteiger partial charge >= 0.3 is 0 Å². The second kappa shape index (κ2) is 10.3. The number of benzene rings is 2. The van der Waals surface area contributed by atoms with Gasteiger partial charge in [0, 0.05) is 32.3 Å². The van der Waals surface area contributed by atoms with E-state index in [0.717, 1.165) is 0 Å². The number of nitrogens with one attached hydrogen (secondary N) is 1. The van der Waals surface area contributed by atoms with Gasteiger partial charge in [-0.1, -0.05) is 12.1 Å². The van der Waals surface area contributed by atoms with Crippen molar-refractivity contribution in [2.24, 2.45) is 0 Å². The zero-order valence-corrected chi connectivity index (χ0v) is 17.5. The molecule has 9 heteroatoms. The van der Waals surface area contributed by atoms with Gasteiger partial charge in [-0.15, -0.1) is 0 Å². The molecule has 0 unspecified atom stereocenters. The summed E-state index contributed by atoms with van der Waals surface area (Å²) in [4.78, 5) is 14.3. The Hall–Kier alpha value is -2.49. The van der Waals surface area contributed by atoms with Crippen LogP contribution in [0.2, 0.25) is 0 Å². The minimum absolute atomic E-state index is 0.0841. The van der Waals surface area contributed by atoms with E-state index >= 15 is 0 Å². The Morgan fingerprint density at radius 1 is 1.17 bits per heavy atom. The van der Waals surface area contributed by atoms with Crippen LogP contribution in [0.3, 0.4) is 0 Å². The number of amides is 1. The summed E-state index contributed by atoms with van der Waals surface area (Å²) in [6, 6.07) is 10.2. The molecule has 158 valence electrons. The van der Waals surface area contributed by atoms with E-state index in [1.807, 2.05) is 0 Å². The van der Waals surface area contributed by atoms with Gasteiger partial charge in [-0.25, -0.2) is 17.5 Å². The third-order valence-electron chi connectivity index (χ3n) is 4.23. The van der Waals surface area contributed by atoms with Gasteiger partial charge in [0.15, 0.2) is 0 Å². The van der Waals surface area contributed by atoms with Crippen LogP contribution in [-0.2, 0) is 21.3 Å². The molecule has 29 heavy (non-hydrogen) atoms. The Morgan fingerprint density at radius 3 is 2.55 bits per heavy atom. The first kappa shape index (κ1) is 22.8. The summed E-state index contributed by atoms with van der Waals surface area (Å²) >= 11 is 0. The number of carbonyl (C=O) groups is 1. The fourth-order valence-electron chi connectivity index (χ4n) is 2.74. The van der Waals surface area contributed by atoms with Crippen molar-refractivity contribution in [2.45, 2.75) is 18.4 Å². The van der Waals surface area contributed by atoms with Crippen molar-refractivity contribution in [1.29, 1.82) is 0 Å². The molecule has 0 fully saturated rings. The highest BCUT2D eigenvalue weighted by molar-refractivity contribution is 7.89. The molecule has 1 amide bonds. The minimum Gasteiger partial charge on any atom is -0.495 e. The van der Waals surface area contributed by atoms with Crippen LogP contribution >= 0.6 is 0 Å². The number of rotatable bonds is 10. The lowest BCUT2D eigenvalue weighted by atomic mass is 10.1. The van der Waals surface area contributed by atoms with Crippen molar-refractivity contribution in [3.8, 4) is 5.75 Å². The van der Waals surface area contributed by atoms with Crippen molar-refractivity contribution in [3.05, 3.63) is 59.4 Å². The van der Waals surface area contributed by atoms with Crippen LogP contribution < -0.4 is 9.46 Å². The van der Waals surface area contributed by atoms with Gasteiger partial charge in [-0.2, -0.15) is 0 Å². The largest absolute Gasteiger partial charge is 0.495 e. The first-order chi connectivity index (χ1) is 13.8. The van der Waals surface area contributed by atoms with E-state index in [-0.39, 0.29) is 47.6 Å². The van der Waals surface area contributed by atoms with Crippen molar-refractivity contribution in [1.82, 2.24) is 9.62 Å². The summed E-state index contributed by atoms with van der Waals surface area (Å²) in [6.45, 7) is 2.66. The predicted octanol–water partition coefficient (Wildman–Crippen LogP) is 2.42. The third-order valence-corrected chi connectivity index (χ3v) is 5.71. The molecule has 0 atom stereocenters. The van der Waals surface area contributed by atoms with Crippen molar-refractivity contribution >= 4 is 15.9 Å². The fraction of sp³-hybridized carbons (Fsp3) is 0.350. The normalized spacial score (nSPS) is 11.3. The molecule has 0 aromatic heterocycles. The van der Waals surface area contributed by atoms with Gasteiger partial charge < -0.3 is 14.4 Å². The lowest BCUT2D eigenvalue weighted by molar-refractivity contribution is 0.0752. The number of carbonyl (C=O) groups excluding carboxylic acids is 1. The first-order valence-electron chi connectivity index (χ1n) is 9.02. The Morgan fingerprint density at radius 2 is 1.93 bits per heavy atom. The standard InChI is InChI=1S/C20H25FN2O5S/c1-4-23(14-15-6-5-7-17(21)12-15)20(24)16-8-9-18(28-3)19(13-16)29(25,26)22-10-11-27-2/h5-9,12-13,22H,4,10-11,14H2,1-3H3. The SMILES string of the molecule is CCN(Cc1cccc(F)c1)C(=O)c1ccc(OC)c(S(=O)(=O)NCCOC)c1. The molecule has 0 aliphatic rings. The van der Waals surface area contributed by atoms with Crippen LogP contribution in [0.5, 0.6) is 5.75 Å². The average molecular weight is 424 g/mol. The van der Waals surface area contributed by atoms with Crippen LogP contribution in [0.15, 0.2) is 47.4 Å². The van der Waals surface area contributed by atoms with Gasteiger partial charge in [0.2, 0.25) is 10.0 Å². The van der Waals surface area contributed by atoms with Gasteiger partial charge in [-0.05, 0) is 42.8 Å². The molecule has 0 saturated heterocycles. The van der Waals surface area contributed by atoms with E-state index in [9.17, 15) is 17.6 Å². The number of hydrogen-bond acceptors (Lipinski definition) is 5. The summed E-state index contributed by atoms with van der Waals surface area (Å²) in [7, 11) is -1.08. The Bertz CT molecular complexity index is 950. The molecular weight excluding hydrogens is 399 g/mol. The van der Waals surface area contributed by atoms with E-state index in [4.69, 9.17) is 9.47 Å². The molecule has 0 aliphatic heterocycles. The summed E-state index contributed by atoms with van der Waals surface area (Å²) in [5.41, 5.74) is 0.832. The molecule has 0 bridgehead atoms.